The summed E-state index contributed by atoms with van der Waals surface area (Å²) in [6, 6.07) is 5.57. The highest BCUT2D eigenvalue weighted by Gasteiger charge is 2.21. The third kappa shape index (κ3) is 3.68. The van der Waals surface area contributed by atoms with Crippen molar-refractivity contribution in [1.29, 1.82) is 0 Å². The first-order valence-corrected chi connectivity index (χ1v) is 8.34. The van der Waals surface area contributed by atoms with Crippen LogP contribution in [0.5, 0.6) is 11.5 Å². The molecule has 1 aliphatic rings. The van der Waals surface area contributed by atoms with Gasteiger partial charge in [-0.15, -0.1) is 0 Å². The average Bonchev–Trinajstić information content (AvgIpc) is 3.08. The van der Waals surface area contributed by atoms with Crippen LogP contribution in [0.25, 0.3) is 0 Å². The Balaban J connectivity index is 1.77. The third-order valence-electron chi connectivity index (χ3n) is 3.98. The van der Waals surface area contributed by atoms with E-state index < -0.39 is 0 Å². The second-order valence-electron chi connectivity index (χ2n) is 6.09. The summed E-state index contributed by atoms with van der Waals surface area (Å²) in [7, 11) is 0. The lowest BCUT2D eigenvalue weighted by Crippen LogP contribution is -2.17. The van der Waals surface area contributed by atoms with Crippen molar-refractivity contribution < 1.29 is 18.7 Å². The minimum atomic E-state index is -0.311. The van der Waals surface area contributed by atoms with E-state index >= 15 is 0 Å². The second-order valence-corrected chi connectivity index (χ2v) is 6.09. The topological polar surface area (TPSA) is 73.1 Å². The largest absolute Gasteiger partial charge is 0.493 e. The van der Waals surface area contributed by atoms with Gasteiger partial charge in [0.15, 0.2) is 0 Å². The van der Waals surface area contributed by atoms with Gasteiger partial charge in [0.2, 0.25) is 0 Å². The highest BCUT2D eigenvalue weighted by Crippen LogP contribution is 2.34. The summed E-state index contributed by atoms with van der Waals surface area (Å²) < 4.78 is 16.8. The van der Waals surface area contributed by atoms with Gasteiger partial charge < -0.3 is 13.9 Å². The van der Waals surface area contributed by atoms with E-state index in [1.165, 1.54) is 0 Å². The number of benzene rings is 1. The van der Waals surface area contributed by atoms with E-state index in [4.69, 9.17) is 13.9 Å². The quantitative estimate of drug-likeness (QED) is 0.668. The second kappa shape index (κ2) is 7.01. The number of furan rings is 1. The van der Waals surface area contributed by atoms with Crippen LogP contribution in [0.4, 0.5) is 0 Å². The number of hydrogen-bond donors (Lipinski definition) is 1. The number of fused-ring (bicyclic) bond motifs is 1. The first kappa shape index (κ1) is 17.1. The molecule has 132 valence electrons. The maximum Gasteiger partial charge on any atom is 0.274 e. The molecule has 0 saturated carbocycles. The predicted octanol–water partition coefficient (Wildman–Crippen LogP) is 3.38. The van der Waals surface area contributed by atoms with Gasteiger partial charge in [-0.3, -0.25) is 4.79 Å². The Morgan fingerprint density at radius 3 is 2.88 bits per heavy atom. The lowest BCUT2D eigenvalue weighted by Gasteiger charge is -2.09. The maximum absolute atomic E-state index is 12.2. The molecule has 0 fully saturated rings. The number of rotatable bonds is 5. The molecule has 6 nitrogen and oxygen atoms in total. The summed E-state index contributed by atoms with van der Waals surface area (Å²) in [4.78, 5) is 12.2. The molecule has 0 aliphatic carbocycles. The van der Waals surface area contributed by atoms with Crippen LogP contribution in [-0.2, 0) is 6.42 Å². The molecular weight excluding hydrogens is 320 g/mol. The van der Waals surface area contributed by atoms with Crippen LogP contribution in [0.3, 0.4) is 0 Å². The van der Waals surface area contributed by atoms with Crippen molar-refractivity contribution in [2.24, 2.45) is 5.10 Å². The highest BCUT2D eigenvalue weighted by atomic mass is 16.5. The van der Waals surface area contributed by atoms with Crippen molar-refractivity contribution in [2.75, 3.05) is 6.61 Å². The van der Waals surface area contributed by atoms with E-state index in [9.17, 15) is 4.79 Å². The molecule has 1 aliphatic heterocycles. The van der Waals surface area contributed by atoms with Crippen molar-refractivity contribution in [1.82, 2.24) is 5.43 Å². The van der Waals surface area contributed by atoms with Crippen LogP contribution in [-0.4, -0.2) is 24.8 Å². The SMILES string of the molecule is CCOc1cc2c(cc1/C=N\NC(=O)c1cc(C)oc1C)O[C@H](C)C2. The number of aryl methyl sites for hydroxylation is 2. The predicted molar refractivity (Wildman–Crippen MR) is 94.6 cm³/mol. The first-order valence-electron chi connectivity index (χ1n) is 8.34. The molecule has 25 heavy (non-hydrogen) atoms. The van der Waals surface area contributed by atoms with E-state index in [2.05, 4.69) is 10.5 Å². The zero-order valence-electron chi connectivity index (χ0n) is 14.9. The van der Waals surface area contributed by atoms with Gasteiger partial charge in [-0.1, -0.05) is 0 Å². The summed E-state index contributed by atoms with van der Waals surface area (Å²) in [6.45, 7) is 8.06. The Kier molecular flexibility index (Phi) is 4.79. The molecule has 1 atom stereocenters. The van der Waals surface area contributed by atoms with Gasteiger partial charge >= 0.3 is 0 Å². The number of hydrogen-bond acceptors (Lipinski definition) is 5. The zero-order valence-corrected chi connectivity index (χ0v) is 14.9. The Bertz CT molecular complexity index is 823. The van der Waals surface area contributed by atoms with Gasteiger partial charge in [0.25, 0.3) is 5.91 Å². The van der Waals surface area contributed by atoms with Gasteiger partial charge in [0, 0.05) is 17.5 Å². The number of nitrogens with one attached hydrogen (secondary N) is 1. The lowest BCUT2D eigenvalue weighted by atomic mass is 10.1. The first-order chi connectivity index (χ1) is 12.0. The molecule has 2 heterocycles. The molecule has 1 aromatic carbocycles. The number of carbonyl (C=O) groups excluding carboxylic acids is 1. The third-order valence-corrected chi connectivity index (χ3v) is 3.98. The van der Waals surface area contributed by atoms with E-state index in [1.54, 1.807) is 26.1 Å². The Morgan fingerprint density at radius 1 is 1.40 bits per heavy atom. The molecule has 0 radical (unpaired) electrons. The van der Waals surface area contributed by atoms with E-state index in [-0.39, 0.29) is 12.0 Å². The molecule has 1 aromatic heterocycles. The van der Waals surface area contributed by atoms with Crippen molar-refractivity contribution >= 4 is 12.1 Å². The maximum atomic E-state index is 12.2. The van der Waals surface area contributed by atoms with Crippen LogP contribution in [0.15, 0.2) is 27.7 Å². The van der Waals surface area contributed by atoms with Crippen LogP contribution in [0, 0.1) is 13.8 Å². The molecule has 0 bridgehead atoms. The summed E-state index contributed by atoms with van der Waals surface area (Å²) >= 11 is 0. The molecule has 0 unspecified atom stereocenters. The Labute approximate surface area is 146 Å². The van der Waals surface area contributed by atoms with Gasteiger partial charge in [-0.25, -0.2) is 5.43 Å². The molecule has 2 aromatic rings. The average molecular weight is 342 g/mol. The summed E-state index contributed by atoms with van der Waals surface area (Å²) in [6.07, 6.45) is 2.59. The molecule has 6 heteroatoms. The lowest BCUT2D eigenvalue weighted by molar-refractivity contribution is 0.0953. The van der Waals surface area contributed by atoms with Gasteiger partial charge in [0.1, 0.15) is 29.1 Å². The molecule has 0 saturated heterocycles. The molecule has 1 N–H and O–H groups in total. The molecule has 1 amide bonds. The standard InChI is InChI=1S/C19H22N2O4/c1-5-23-17-8-14-6-11(2)25-18(14)9-15(17)10-20-21-19(22)16-7-12(3)24-13(16)4/h7-11H,5-6H2,1-4H3,(H,21,22)/b20-10-/t11-/m1/s1. The fourth-order valence-electron chi connectivity index (χ4n) is 2.91. The minimum Gasteiger partial charge on any atom is -0.493 e. The summed E-state index contributed by atoms with van der Waals surface area (Å²) in [5.74, 6) is 2.52. The van der Waals surface area contributed by atoms with Gasteiger partial charge in [0.05, 0.1) is 18.4 Å². The fraction of sp³-hybridized carbons (Fsp3) is 0.368. The number of amides is 1. The Hall–Kier alpha value is -2.76. The van der Waals surface area contributed by atoms with Crippen molar-refractivity contribution in [3.63, 3.8) is 0 Å². The normalized spacial score (nSPS) is 15.9. The molecular formula is C19H22N2O4. The van der Waals surface area contributed by atoms with Gasteiger partial charge in [-0.05, 0) is 45.9 Å². The number of carbonyl (C=O) groups is 1. The van der Waals surface area contributed by atoms with Crippen molar-refractivity contribution in [2.45, 2.75) is 40.2 Å². The monoisotopic (exact) mass is 342 g/mol. The van der Waals surface area contributed by atoms with E-state index in [0.29, 0.717) is 23.7 Å². The van der Waals surface area contributed by atoms with Crippen LogP contribution >= 0.6 is 0 Å². The smallest absolute Gasteiger partial charge is 0.274 e. The highest BCUT2D eigenvalue weighted by molar-refractivity contribution is 5.96. The fourth-order valence-corrected chi connectivity index (χ4v) is 2.91. The zero-order chi connectivity index (χ0) is 18.0. The molecule has 0 spiro atoms. The van der Waals surface area contributed by atoms with Crippen LogP contribution in [0.2, 0.25) is 0 Å². The number of nitrogens with zero attached hydrogens (tertiary/aromatic N) is 1. The minimum absolute atomic E-state index is 0.156. The van der Waals surface area contributed by atoms with Crippen LogP contribution in [0.1, 0.15) is 46.9 Å². The van der Waals surface area contributed by atoms with E-state index in [0.717, 1.165) is 29.0 Å². The Morgan fingerprint density at radius 2 is 2.20 bits per heavy atom. The molecule has 3 rings (SSSR count). The van der Waals surface area contributed by atoms with Gasteiger partial charge in [-0.2, -0.15) is 5.10 Å². The summed E-state index contributed by atoms with van der Waals surface area (Å²) in [5, 5.41) is 4.05. The van der Waals surface area contributed by atoms with Crippen molar-refractivity contribution in [3.05, 3.63) is 46.4 Å². The number of ether oxygens (including phenoxy) is 2. The van der Waals surface area contributed by atoms with Crippen molar-refractivity contribution in [3.8, 4) is 11.5 Å². The van der Waals surface area contributed by atoms with Crippen LogP contribution < -0.4 is 14.9 Å². The van der Waals surface area contributed by atoms with E-state index in [1.807, 2.05) is 26.0 Å². The number of hydrazone groups is 1. The summed E-state index contributed by atoms with van der Waals surface area (Å²) in [5.41, 5.74) is 4.89.